The van der Waals surface area contributed by atoms with E-state index in [0.29, 0.717) is 11.6 Å². The number of aromatic nitrogens is 1. The highest BCUT2D eigenvalue weighted by atomic mass is 16.1. The Morgan fingerprint density at radius 1 is 1.59 bits per heavy atom. The van der Waals surface area contributed by atoms with Crippen molar-refractivity contribution in [2.24, 2.45) is 5.73 Å². The Bertz CT molecular complexity index is 433. The number of hydrogen-bond acceptors (Lipinski definition) is 4. The minimum Gasteiger partial charge on any atom is -0.366 e. The van der Waals surface area contributed by atoms with Crippen molar-refractivity contribution in [2.45, 2.75) is 19.4 Å². The molecule has 1 atom stereocenters. The number of rotatable bonds is 3. The molecule has 2 rings (SSSR count). The Hall–Kier alpha value is -1.62. The van der Waals surface area contributed by atoms with Crippen LogP contribution in [0.4, 0.5) is 5.82 Å². The highest BCUT2D eigenvalue weighted by molar-refractivity contribution is 5.93. The maximum atomic E-state index is 11.2. The van der Waals surface area contributed by atoms with Gasteiger partial charge < -0.3 is 16.0 Å². The summed E-state index contributed by atoms with van der Waals surface area (Å²) in [7, 11) is 1.96. The van der Waals surface area contributed by atoms with E-state index in [4.69, 9.17) is 5.73 Å². The second-order valence-electron chi connectivity index (χ2n) is 4.44. The number of anilines is 1. The lowest BCUT2D eigenvalue weighted by atomic mass is 10.2. The summed E-state index contributed by atoms with van der Waals surface area (Å²) < 4.78 is 0. The SMILES string of the molecule is CNC1CCN(c2cc(C(N)=O)cc(C)n2)C1. The number of carbonyl (C=O) groups excluding carboxylic acids is 1. The highest BCUT2D eigenvalue weighted by Gasteiger charge is 2.22. The molecule has 1 amide bonds. The Morgan fingerprint density at radius 2 is 2.35 bits per heavy atom. The van der Waals surface area contributed by atoms with Gasteiger partial charge in [-0.25, -0.2) is 4.98 Å². The largest absolute Gasteiger partial charge is 0.366 e. The van der Waals surface area contributed by atoms with E-state index in [-0.39, 0.29) is 0 Å². The first-order chi connectivity index (χ1) is 8.10. The van der Waals surface area contributed by atoms with E-state index >= 15 is 0 Å². The molecule has 0 spiro atoms. The predicted octanol–water partition coefficient (Wildman–Crippen LogP) is 0.287. The van der Waals surface area contributed by atoms with Gasteiger partial charge in [-0.15, -0.1) is 0 Å². The van der Waals surface area contributed by atoms with E-state index in [9.17, 15) is 4.79 Å². The monoisotopic (exact) mass is 234 g/mol. The first kappa shape index (κ1) is 11.9. The fraction of sp³-hybridized carbons (Fsp3) is 0.500. The van der Waals surface area contributed by atoms with Gasteiger partial charge in [0.25, 0.3) is 0 Å². The van der Waals surface area contributed by atoms with Crippen molar-refractivity contribution in [3.63, 3.8) is 0 Å². The maximum absolute atomic E-state index is 11.2. The molecule has 0 aliphatic carbocycles. The lowest BCUT2D eigenvalue weighted by molar-refractivity contribution is 0.1000. The first-order valence-electron chi connectivity index (χ1n) is 5.81. The second kappa shape index (κ2) is 4.71. The Morgan fingerprint density at radius 3 is 2.94 bits per heavy atom. The number of amides is 1. The van der Waals surface area contributed by atoms with Crippen LogP contribution in [-0.4, -0.2) is 37.1 Å². The van der Waals surface area contributed by atoms with Gasteiger partial charge in [-0.05, 0) is 32.5 Å². The molecule has 3 N–H and O–H groups in total. The highest BCUT2D eigenvalue weighted by Crippen LogP contribution is 2.20. The van der Waals surface area contributed by atoms with Gasteiger partial charge in [0.1, 0.15) is 5.82 Å². The van der Waals surface area contributed by atoms with E-state index in [1.165, 1.54) is 0 Å². The fourth-order valence-corrected chi connectivity index (χ4v) is 2.16. The van der Waals surface area contributed by atoms with Crippen molar-refractivity contribution in [1.82, 2.24) is 10.3 Å². The predicted molar refractivity (Wildman–Crippen MR) is 67.2 cm³/mol. The molecule has 1 aliphatic heterocycles. The summed E-state index contributed by atoms with van der Waals surface area (Å²) in [5.74, 6) is 0.442. The molecule has 1 saturated heterocycles. The van der Waals surface area contributed by atoms with E-state index in [0.717, 1.165) is 31.0 Å². The summed E-state index contributed by atoms with van der Waals surface area (Å²) in [6, 6.07) is 3.99. The lowest BCUT2D eigenvalue weighted by Gasteiger charge is -2.18. The summed E-state index contributed by atoms with van der Waals surface area (Å²) in [6.45, 7) is 3.76. The van der Waals surface area contributed by atoms with Gasteiger partial charge in [-0.2, -0.15) is 0 Å². The molecule has 1 fully saturated rings. The molecular weight excluding hydrogens is 216 g/mol. The number of likely N-dealkylation sites (N-methyl/N-ethyl adjacent to an activating group) is 1. The molecule has 5 nitrogen and oxygen atoms in total. The molecule has 0 aromatic carbocycles. The van der Waals surface area contributed by atoms with Crippen molar-refractivity contribution in [3.05, 3.63) is 23.4 Å². The van der Waals surface area contributed by atoms with Gasteiger partial charge in [0.05, 0.1) is 0 Å². The Balaban J connectivity index is 2.24. The summed E-state index contributed by atoms with van der Waals surface area (Å²) in [5.41, 5.74) is 6.66. The number of pyridine rings is 1. The van der Waals surface area contributed by atoms with Gasteiger partial charge in [-0.3, -0.25) is 4.79 Å². The van der Waals surface area contributed by atoms with E-state index in [2.05, 4.69) is 15.2 Å². The summed E-state index contributed by atoms with van der Waals surface area (Å²) in [6.07, 6.45) is 1.10. The van der Waals surface area contributed by atoms with Gasteiger partial charge in [0.2, 0.25) is 5.91 Å². The third kappa shape index (κ3) is 2.55. The normalized spacial score (nSPS) is 19.6. The van der Waals surface area contributed by atoms with E-state index in [1.807, 2.05) is 14.0 Å². The number of primary amides is 1. The van der Waals surface area contributed by atoms with Gasteiger partial charge in [0.15, 0.2) is 0 Å². The van der Waals surface area contributed by atoms with Crippen LogP contribution >= 0.6 is 0 Å². The zero-order chi connectivity index (χ0) is 12.4. The molecule has 1 aromatic rings. The smallest absolute Gasteiger partial charge is 0.248 e. The van der Waals surface area contributed by atoms with Crippen molar-refractivity contribution in [2.75, 3.05) is 25.0 Å². The van der Waals surface area contributed by atoms with Crippen LogP contribution < -0.4 is 16.0 Å². The average Bonchev–Trinajstić information content (AvgIpc) is 2.76. The topological polar surface area (TPSA) is 71.2 Å². The van der Waals surface area contributed by atoms with Gasteiger partial charge in [0, 0.05) is 30.4 Å². The molecule has 0 bridgehead atoms. The summed E-state index contributed by atoms with van der Waals surface area (Å²) in [4.78, 5) is 17.8. The van der Waals surface area contributed by atoms with Crippen LogP contribution in [0, 0.1) is 6.92 Å². The van der Waals surface area contributed by atoms with Crippen molar-refractivity contribution >= 4 is 11.7 Å². The van der Waals surface area contributed by atoms with Crippen LogP contribution in [0.25, 0.3) is 0 Å². The van der Waals surface area contributed by atoms with Gasteiger partial charge in [-0.1, -0.05) is 0 Å². The van der Waals surface area contributed by atoms with Crippen LogP contribution in [0.2, 0.25) is 0 Å². The summed E-state index contributed by atoms with van der Waals surface area (Å²) in [5, 5.41) is 3.25. The first-order valence-corrected chi connectivity index (χ1v) is 5.81. The standard InChI is InChI=1S/C12H18N4O/c1-8-5-9(12(13)17)6-11(15-8)16-4-3-10(7-16)14-2/h5-6,10,14H,3-4,7H2,1-2H3,(H2,13,17). The Labute approximate surface area is 101 Å². The van der Waals surface area contributed by atoms with Crippen molar-refractivity contribution in [1.29, 1.82) is 0 Å². The minimum atomic E-state index is -0.402. The van der Waals surface area contributed by atoms with Crippen LogP contribution in [-0.2, 0) is 0 Å². The van der Waals surface area contributed by atoms with Crippen LogP contribution in [0.1, 0.15) is 22.5 Å². The van der Waals surface area contributed by atoms with Gasteiger partial charge >= 0.3 is 0 Å². The number of nitrogens with zero attached hydrogens (tertiary/aromatic N) is 2. The molecule has 2 heterocycles. The molecule has 5 heteroatoms. The average molecular weight is 234 g/mol. The zero-order valence-electron chi connectivity index (χ0n) is 10.2. The van der Waals surface area contributed by atoms with E-state index in [1.54, 1.807) is 12.1 Å². The van der Waals surface area contributed by atoms with Crippen LogP contribution in [0.3, 0.4) is 0 Å². The molecular formula is C12H18N4O. The van der Waals surface area contributed by atoms with Crippen LogP contribution in [0.15, 0.2) is 12.1 Å². The summed E-state index contributed by atoms with van der Waals surface area (Å²) >= 11 is 0. The number of nitrogens with one attached hydrogen (secondary N) is 1. The molecule has 0 radical (unpaired) electrons. The Kier molecular flexibility index (Phi) is 3.28. The molecule has 0 saturated carbocycles. The number of hydrogen-bond donors (Lipinski definition) is 2. The minimum absolute atomic E-state index is 0.402. The van der Waals surface area contributed by atoms with Crippen molar-refractivity contribution < 1.29 is 4.79 Å². The third-order valence-corrected chi connectivity index (χ3v) is 3.14. The van der Waals surface area contributed by atoms with Crippen LogP contribution in [0.5, 0.6) is 0 Å². The molecule has 17 heavy (non-hydrogen) atoms. The molecule has 1 unspecified atom stereocenters. The van der Waals surface area contributed by atoms with E-state index < -0.39 is 5.91 Å². The fourth-order valence-electron chi connectivity index (χ4n) is 2.16. The zero-order valence-corrected chi connectivity index (χ0v) is 10.2. The number of carbonyl (C=O) groups is 1. The molecule has 92 valence electrons. The quantitative estimate of drug-likeness (QED) is 0.788. The lowest BCUT2D eigenvalue weighted by Crippen LogP contribution is -2.30. The number of nitrogens with two attached hydrogens (primary N) is 1. The number of aryl methyl sites for hydroxylation is 1. The van der Waals surface area contributed by atoms with Crippen molar-refractivity contribution in [3.8, 4) is 0 Å². The molecule has 1 aromatic heterocycles. The second-order valence-corrected chi connectivity index (χ2v) is 4.44. The molecule has 1 aliphatic rings. The third-order valence-electron chi connectivity index (χ3n) is 3.14. The maximum Gasteiger partial charge on any atom is 0.248 e.